The first-order chi connectivity index (χ1) is 13.7. The SMILES string of the molecule is CCOc1ccc(OCCOC(=O)Cc2coc3cc4c(cc23)CCC4)cc1. The Morgan fingerprint density at radius 2 is 1.71 bits per heavy atom. The molecule has 0 aliphatic heterocycles. The summed E-state index contributed by atoms with van der Waals surface area (Å²) in [6, 6.07) is 11.7. The molecule has 0 fully saturated rings. The summed E-state index contributed by atoms with van der Waals surface area (Å²) in [6.07, 6.45) is 5.26. The van der Waals surface area contributed by atoms with Crippen molar-refractivity contribution in [1.29, 1.82) is 0 Å². The maximum Gasteiger partial charge on any atom is 0.310 e. The number of rotatable bonds is 8. The van der Waals surface area contributed by atoms with Crippen LogP contribution in [-0.4, -0.2) is 25.8 Å². The minimum absolute atomic E-state index is 0.203. The van der Waals surface area contributed by atoms with Crippen LogP contribution in [0, 0.1) is 0 Å². The smallest absolute Gasteiger partial charge is 0.310 e. The molecule has 0 spiro atoms. The van der Waals surface area contributed by atoms with Crippen molar-refractivity contribution in [2.45, 2.75) is 32.6 Å². The third-order valence-electron chi connectivity index (χ3n) is 4.95. The molecule has 0 N–H and O–H groups in total. The van der Waals surface area contributed by atoms with E-state index >= 15 is 0 Å². The summed E-state index contributed by atoms with van der Waals surface area (Å²) in [5.74, 6) is 1.24. The fourth-order valence-corrected chi connectivity index (χ4v) is 3.61. The van der Waals surface area contributed by atoms with Gasteiger partial charge in [0.2, 0.25) is 0 Å². The van der Waals surface area contributed by atoms with Crippen LogP contribution >= 0.6 is 0 Å². The molecular formula is C23H24O5. The van der Waals surface area contributed by atoms with Crippen molar-refractivity contribution < 1.29 is 23.4 Å². The van der Waals surface area contributed by atoms with Crippen molar-refractivity contribution in [2.24, 2.45) is 0 Å². The van der Waals surface area contributed by atoms with E-state index in [0.717, 1.165) is 35.1 Å². The van der Waals surface area contributed by atoms with Crippen LogP contribution in [-0.2, 0) is 28.8 Å². The lowest BCUT2D eigenvalue weighted by molar-refractivity contribution is -0.143. The van der Waals surface area contributed by atoms with E-state index in [2.05, 4.69) is 12.1 Å². The van der Waals surface area contributed by atoms with E-state index in [0.29, 0.717) is 19.0 Å². The summed E-state index contributed by atoms with van der Waals surface area (Å²) in [5.41, 5.74) is 4.46. The van der Waals surface area contributed by atoms with Crippen LogP contribution in [0.5, 0.6) is 11.5 Å². The number of carbonyl (C=O) groups is 1. The van der Waals surface area contributed by atoms with Crippen LogP contribution in [0.3, 0.4) is 0 Å². The highest BCUT2D eigenvalue weighted by Crippen LogP contribution is 2.30. The molecule has 0 unspecified atom stereocenters. The molecule has 0 amide bonds. The third-order valence-corrected chi connectivity index (χ3v) is 4.95. The van der Waals surface area contributed by atoms with Gasteiger partial charge >= 0.3 is 5.97 Å². The summed E-state index contributed by atoms with van der Waals surface area (Å²) in [7, 11) is 0. The number of fused-ring (bicyclic) bond motifs is 2. The molecule has 1 aliphatic rings. The number of carbonyl (C=O) groups excluding carboxylic acids is 1. The molecule has 2 aromatic carbocycles. The van der Waals surface area contributed by atoms with Gasteiger partial charge in [0.05, 0.1) is 19.3 Å². The average Bonchev–Trinajstić information content (AvgIpc) is 3.31. The predicted molar refractivity (Wildman–Crippen MR) is 106 cm³/mol. The summed E-state index contributed by atoms with van der Waals surface area (Å²) in [6.45, 7) is 3.08. The lowest BCUT2D eigenvalue weighted by Crippen LogP contribution is -2.13. The maximum absolute atomic E-state index is 12.2. The Bertz CT molecular complexity index is 955. The van der Waals surface area contributed by atoms with Gasteiger partial charge in [0.1, 0.15) is 30.3 Å². The van der Waals surface area contributed by atoms with E-state index in [1.165, 1.54) is 17.5 Å². The molecule has 5 nitrogen and oxygen atoms in total. The molecule has 146 valence electrons. The number of benzene rings is 2. The third kappa shape index (κ3) is 4.14. The Balaban J connectivity index is 1.26. The fraction of sp³-hybridized carbons (Fsp3) is 0.348. The predicted octanol–water partition coefficient (Wildman–Crippen LogP) is 4.48. The first-order valence-corrected chi connectivity index (χ1v) is 9.76. The lowest BCUT2D eigenvalue weighted by Gasteiger charge is -2.08. The number of ether oxygens (including phenoxy) is 3. The average molecular weight is 380 g/mol. The van der Waals surface area contributed by atoms with Crippen LogP contribution in [0.2, 0.25) is 0 Å². The summed E-state index contributed by atoms with van der Waals surface area (Å²) < 4.78 is 21.9. The molecule has 5 heteroatoms. The highest BCUT2D eigenvalue weighted by molar-refractivity contribution is 5.87. The van der Waals surface area contributed by atoms with Gasteiger partial charge in [-0.3, -0.25) is 4.79 Å². The number of aryl methyl sites for hydroxylation is 2. The van der Waals surface area contributed by atoms with Crippen molar-refractivity contribution in [3.05, 3.63) is 59.4 Å². The summed E-state index contributed by atoms with van der Waals surface area (Å²) in [5, 5.41) is 1.02. The minimum Gasteiger partial charge on any atom is -0.494 e. The van der Waals surface area contributed by atoms with Gasteiger partial charge in [0, 0.05) is 10.9 Å². The second-order valence-corrected chi connectivity index (χ2v) is 6.88. The first-order valence-electron chi connectivity index (χ1n) is 9.76. The van der Waals surface area contributed by atoms with E-state index in [1.54, 1.807) is 6.26 Å². The Morgan fingerprint density at radius 3 is 2.46 bits per heavy atom. The number of furan rings is 1. The van der Waals surface area contributed by atoms with Crippen molar-refractivity contribution >= 4 is 16.9 Å². The molecule has 1 aromatic heterocycles. The molecule has 1 aliphatic carbocycles. The van der Waals surface area contributed by atoms with Gasteiger partial charge in [-0.15, -0.1) is 0 Å². The van der Waals surface area contributed by atoms with Crippen molar-refractivity contribution in [3.63, 3.8) is 0 Å². The molecule has 0 bridgehead atoms. The molecule has 0 atom stereocenters. The second-order valence-electron chi connectivity index (χ2n) is 6.88. The molecule has 0 saturated carbocycles. The molecular weight excluding hydrogens is 356 g/mol. The van der Waals surface area contributed by atoms with Gasteiger partial charge in [-0.25, -0.2) is 0 Å². The maximum atomic E-state index is 12.2. The Kier molecular flexibility index (Phi) is 5.51. The second kappa shape index (κ2) is 8.38. The normalized spacial score (nSPS) is 12.8. The number of hydrogen-bond acceptors (Lipinski definition) is 5. The monoisotopic (exact) mass is 380 g/mol. The van der Waals surface area contributed by atoms with Crippen LogP contribution in [0.4, 0.5) is 0 Å². The highest BCUT2D eigenvalue weighted by Gasteiger charge is 2.17. The summed E-state index contributed by atoms with van der Waals surface area (Å²) in [4.78, 5) is 12.2. The lowest BCUT2D eigenvalue weighted by atomic mass is 10.0. The zero-order valence-electron chi connectivity index (χ0n) is 16.0. The van der Waals surface area contributed by atoms with E-state index in [1.807, 2.05) is 31.2 Å². The molecule has 3 aromatic rings. The Hall–Kier alpha value is -2.95. The van der Waals surface area contributed by atoms with Crippen LogP contribution in [0.1, 0.15) is 30.0 Å². The molecule has 0 saturated heterocycles. The van der Waals surface area contributed by atoms with Gasteiger partial charge in [0.25, 0.3) is 0 Å². The standard InChI is InChI=1S/C23H24O5/c1-2-25-19-6-8-20(9-7-19)26-10-11-27-23(24)14-18-15-28-22-13-17-5-3-4-16(17)12-21(18)22/h6-9,12-13,15H,2-5,10-11,14H2,1H3. The van der Waals surface area contributed by atoms with Gasteiger partial charge in [-0.05, 0) is 73.7 Å². The first kappa shape index (κ1) is 18.4. The van der Waals surface area contributed by atoms with Crippen molar-refractivity contribution in [1.82, 2.24) is 0 Å². The van der Waals surface area contributed by atoms with E-state index in [9.17, 15) is 4.79 Å². The van der Waals surface area contributed by atoms with Crippen molar-refractivity contribution in [3.8, 4) is 11.5 Å². The zero-order chi connectivity index (χ0) is 19.3. The summed E-state index contributed by atoms with van der Waals surface area (Å²) >= 11 is 0. The minimum atomic E-state index is -0.279. The van der Waals surface area contributed by atoms with Gasteiger partial charge in [-0.1, -0.05) is 0 Å². The Labute approximate surface area is 164 Å². The van der Waals surface area contributed by atoms with Gasteiger partial charge in [-0.2, -0.15) is 0 Å². The van der Waals surface area contributed by atoms with Crippen LogP contribution in [0.25, 0.3) is 11.0 Å². The van der Waals surface area contributed by atoms with Gasteiger partial charge < -0.3 is 18.6 Å². The quantitative estimate of drug-likeness (QED) is 0.426. The fourth-order valence-electron chi connectivity index (χ4n) is 3.61. The highest BCUT2D eigenvalue weighted by atomic mass is 16.6. The molecule has 4 rings (SSSR count). The topological polar surface area (TPSA) is 57.9 Å². The van der Waals surface area contributed by atoms with Crippen molar-refractivity contribution in [2.75, 3.05) is 19.8 Å². The number of hydrogen-bond donors (Lipinski definition) is 0. The molecule has 0 radical (unpaired) electrons. The van der Waals surface area contributed by atoms with E-state index in [4.69, 9.17) is 18.6 Å². The van der Waals surface area contributed by atoms with Crippen LogP contribution in [0.15, 0.2) is 47.1 Å². The molecule has 28 heavy (non-hydrogen) atoms. The number of esters is 1. The van der Waals surface area contributed by atoms with E-state index in [-0.39, 0.29) is 19.0 Å². The molecule has 1 heterocycles. The largest absolute Gasteiger partial charge is 0.494 e. The van der Waals surface area contributed by atoms with Crippen LogP contribution < -0.4 is 9.47 Å². The van der Waals surface area contributed by atoms with Gasteiger partial charge in [0.15, 0.2) is 0 Å². The Morgan fingerprint density at radius 1 is 1.00 bits per heavy atom. The van der Waals surface area contributed by atoms with E-state index < -0.39 is 0 Å². The zero-order valence-corrected chi connectivity index (χ0v) is 16.0.